The van der Waals surface area contributed by atoms with Crippen molar-refractivity contribution in [1.29, 1.82) is 0 Å². The zero-order chi connectivity index (χ0) is 67.1. The first-order valence-corrected chi connectivity index (χ1v) is 37.6. The summed E-state index contributed by atoms with van der Waals surface area (Å²) in [5, 5.41) is 83.4. The van der Waals surface area contributed by atoms with Crippen LogP contribution in [0.3, 0.4) is 0 Å². The van der Waals surface area contributed by atoms with Crippen LogP contribution in [0.5, 0.6) is 0 Å². The molecule has 91 heavy (non-hydrogen) atoms. The molecule has 0 aromatic rings. The Morgan fingerprint density at radius 2 is 0.692 bits per heavy atom. The predicted molar refractivity (Wildman–Crippen MR) is 349 cm³/mol. The van der Waals surface area contributed by atoms with Crippen LogP contribution in [-0.2, 0) is 52.0 Å². The van der Waals surface area contributed by atoms with Crippen molar-refractivity contribution in [3.05, 3.63) is 0 Å². The Morgan fingerprint density at radius 1 is 0.418 bits per heavy atom. The number of unbranched alkanes of at least 4 members (excludes halogenated alkanes) is 32. The van der Waals surface area contributed by atoms with E-state index in [0.717, 1.165) is 135 Å². The van der Waals surface area contributed by atoms with Crippen molar-refractivity contribution in [3.8, 4) is 0 Å². The molecule has 536 valence electrons. The molecule has 0 radical (unpaired) electrons. The average molecular weight is 1330 g/mol. The summed E-state index contributed by atoms with van der Waals surface area (Å²) in [6.07, 6.45) is 17.3. The summed E-state index contributed by atoms with van der Waals surface area (Å²) >= 11 is 0. The topological polar surface area (TPSA) is 347 Å². The fourth-order valence-electron chi connectivity index (χ4n) is 12.1. The molecular formula is C68H129N2O20P. The van der Waals surface area contributed by atoms with Crippen molar-refractivity contribution in [2.24, 2.45) is 0 Å². The second kappa shape index (κ2) is 52.7. The molecule has 0 aromatic carbocycles. The Bertz CT molecular complexity index is 1890. The van der Waals surface area contributed by atoms with Crippen LogP contribution in [0.1, 0.15) is 310 Å². The van der Waals surface area contributed by atoms with Gasteiger partial charge in [0.15, 0.2) is 24.8 Å². The summed E-state index contributed by atoms with van der Waals surface area (Å²) < 4.78 is 47.5. The van der Waals surface area contributed by atoms with Crippen LogP contribution in [-0.4, -0.2) is 168 Å². The molecule has 0 bridgehead atoms. The molecule has 2 rings (SSSR count). The number of carbonyl (C=O) groups is 4. The summed E-state index contributed by atoms with van der Waals surface area (Å²) in [6, 6.07) is -3.44. The van der Waals surface area contributed by atoms with E-state index in [0.29, 0.717) is 38.5 Å². The third kappa shape index (κ3) is 40.7. The summed E-state index contributed by atoms with van der Waals surface area (Å²) in [5.74, 6) is -3.62. The van der Waals surface area contributed by atoms with Crippen molar-refractivity contribution >= 4 is 31.6 Å². The lowest BCUT2D eigenvalue weighted by molar-refractivity contribution is -0.298. The Balaban J connectivity index is 2.43. The molecule has 14 atom stereocenters. The van der Waals surface area contributed by atoms with Gasteiger partial charge in [0, 0.05) is 0 Å². The van der Waals surface area contributed by atoms with Crippen LogP contribution in [0.15, 0.2) is 0 Å². The average Bonchev–Trinajstić information content (AvgIpc) is 1.02. The minimum Gasteiger partial charge on any atom is -0.457 e. The molecular weight excluding hydrogens is 1200 g/mol. The van der Waals surface area contributed by atoms with Gasteiger partial charge >= 0.3 is 19.8 Å². The van der Waals surface area contributed by atoms with Gasteiger partial charge in [-0.05, 0) is 25.7 Å². The number of amides is 2. The molecule has 2 aliphatic rings. The van der Waals surface area contributed by atoms with Crippen LogP contribution < -0.4 is 10.6 Å². The lowest BCUT2D eigenvalue weighted by Crippen LogP contribution is -2.67. The van der Waals surface area contributed by atoms with Gasteiger partial charge in [-0.15, -0.1) is 0 Å². The molecule has 11 N–H and O–H groups in total. The number of phosphoric acid groups is 1. The highest BCUT2D eigenvalue weighted by Crippen LogP contribution is 2.41. The first-order valence-electron chi connectivity index (χ1n) is 36.1. The Hall–Kier alpha value is -2.41. The summed E-state index contributed by atoms with van der Waals surface area (Å²) in [7, 11) is -5.54. The lowest BCUT2D eigenvalue weighted by atomic mass is 9.95. The minimum absolute atomic E-state index is 0.246. The van der Waals surface area contributed by atoms with E-state index in [-0.39, 0.29) is 12.8 Å². The van der Waals surface area contributed by atoms with Crippen LogP contribution in [0, 0.1) is 0 Å². The minimum atomic E-state index is -5.54. The molecule has 0 aliphatic carbocycles. The lowest BCUT2D eigenvalue weighted by Gasteiger charge is -2.46. The zero-order valence-electron chi connectivity index (χ0n) is 56.6. The van der Waals surface area contributed by atoms with Gasteiger partial charge in [-0.1, -0.05) is 259 Å². The number of nitrogens with one attached hydrogen (secondary N) is 2. The largest absolute Gasteiger partial charge is 0.472 e. The molecule has 2 heterocycles. The van der Waals surface area contributed by atoms with Gasteiger partial charge in [0.1, 0.15) is 36.5 Å². The SMILES string of the molecule is CCCCCCCCCCCC(O)CC(=O)NC1[C@H](OCC2OC(OP(=O)(O)O)C(NC(=O)CC(O)CCCCCCCCCCC)[C@@H](OC(=O)CC(O)CCCCCCCCCCC)[C@@H]2O)OC(CO)C(O)[C@@H]1OC(=O)CC(O)CCCCCCCCCCC. The maximum absolute atomic E-state index is 13.9. The normalized spacial score (nSPS) is 23.3. The van der Waals surface area contributed by atoms with Gasteiger partial charge in [-0.2, -0.15) is 0 Å². The van der Waals surface area contributed by atoms with Gasteiger partial charge in [-0.3, -0.25) is 23.7 Å². The molecule has 23 heteroatoms. The van der Waals surface area contributed by atoms with Crippen LogP contribution in [0.2, 0.25) is 0 Å². The summed E-state index contributed by atoms with van der Waals surface area (Å²) in [4.78, 5) is 75.5. The fourth-order valence-corrected chi connectivity index (χ4v) is 12.6. The van der Waals surface area contributed by atoms with E-state index in [4.69, 9.17) is 28.2 Å². The zero-order valence-corrected chi connectivity index (χ0v) is 57.5. The first-order chi connectivity index (χ1) is 43.8. The third-order valence-corrected chi connectivity index (χ3v) is 18.1. The molecule has 10 unspecified atom stereocenters. The number of hydrogen-bond acceptors (Lipinski definition) is 18. The van der Waals surface area contributed by atoms with Gasteiger partial charge in [0.05, 0.1) is 63.3 Å². The number of hydrogen-bond donors (Lipinski definition) is 11. The molecule has 2 fully saturated rings. The van der Waals surface area contributed by atoms with Crippen molar-refractivity contribution in [2.45, 2.75) is 396 Å². The Kier molecular flexibility index (Phi) is 49.1. The number of aliphatic hydroxyl groups excluding tert-OH is 7. The van der Waals surface area contributed by atoms with Crippen molar-refractivity contribution in [2.75, 3.05) is 13.2 Å². The number of aliphatic hydroxyl groups is 7. The van der Waals surface area contributed by atoms with E-state index in [9.17, 15) is 69.3 Å². The van der Waals surface area contributed by atoms with Gasteiger partial charge in [0.25, 0.3) is 0 Å². The van der Waals surface area contributed by atoms with E-state index in [1.165, 1.54) is 70.6 Å². The van der Waals surface area contributed by atoms with Crippen LogP contribution in [0.25, 0.3) is 0 Å². The highest BCUT2D eigenvalue weighted by Gasteiger charge is 2.53. The van der Waals surface area contributed by atoms with E-state index in [2.05, 4.69) is 38.3 Å². The van der Waals surface area contributed by atoms with Gasteiger partial charge in [0.2, 0.25) is 11.8 Å². The Labute approximate surface area is 546 Å². The van der Waals surface area contributed by atoms with Gasteiger partial charge in [-0.25, -0.2) is 4.57 Å². The predicted octanol–water partition coefficient (Wildman–Crippen LogP) is 10.8. The number of ether oxygens (including phenoxy) is 5. The number of carbonyl (C=O) groups excluding carboxylic acids is 4. The van der Waals surface area contributed by atoms with E-state index < -0.39 is 156 Å². The number of phosphoric ester groups is 1. The molecule has 2 amide bonds. The molecule has 0 saturated carbocycles. The smallest absolute Gasteiger partial charge is 0.457 e. The fraction of sp³-hybridized carbons (Fsp3) is 0.941. The van der Waals surface area contributed by atoms with E-state index in [1.54, 1.807) is 0 Å². The standard InChI is InChI=1S/C68H129N2O20P/c1-5-9-13-17-21-25-29-33-37-41-51(72)45-57(76)69-61-65(88-59(78)47-53(74)43-39-35-31-27-23-19-15-11-7-3)63(80)55(49-71)86-67(61)85-50-56-64(81)66(89-60(79)48-54(75)44-40-36-32-28-24-20-16-12-8-4)62(68(87-56)90-91(82,83)84)70-58(77)46-52(73)42-38-34-30-26-22-18-14-10-6-2/h51-56,61-68,71-75,80-81H,5-50H2,1-4H3,(H,69,76)(H,70,77)(H2,82,83,84)/t51?,52?,53?,54?,55?,56?,61?,62?,63?,64-,65-,66-,67-,68?/m1/s1. The second-order valence-corrected chi connectivity index (χ2v) is 27.4. The van der Waals surface area contributed by atoms with Crippen molar-refractivity contribution in [1.82, 2.24) is 10.6 Å². The van der Waals surface area contributed by atoms with E-state index >= 15 is 0 Å². The molecule has 2 saturated heterocycles. The molecule has 0 aromatic heterocycles. The maximum Gasteiger partial charge on any atom is 0.472 e. The van der Waals surface area contributed by atoms with Crippen molar-refractivity contribution < 1.29 is 97.5 Å². The van der Waals surface area contributed by atoms with Gasteiger partial charge < -0.3 is 79.9 Å². The highest BCUT2D eigenvalue weighted by atomic mass is 31.2. The summed E-state index contributed by atoms with van der Waals surface area (Å²) in [6.45, 7) is 6.95. The maximum atomic E-state index is 13.9. The molecule has 0 spiro atoms. The Morgan fingerprint density at radius 3 is 1.00 bits per heavy atom. The number of esters is 2. The molecule has 22 nitrogen and oxygen atoms in total. The number of rotatable bonds is 58. The van der Waals surface area contributed by atoms with Crippen molar-refractivity contribution in [3.63, 3.8) is 0 Å². The first kappa shape index (κ1) is 84.7. The monoisotopic (exact) mass is 1320 g/mol. The highest BCUT2D eigenvalue weighted by molar-refractivity contribution is 7.46. The van der Waals surface area contributed by atoms with Crippen LogP contribution >= 0.6 is 7.82 Å². The third-order valence-electron chi connectivity index (χ3n) is 17.6. The van der Waals surface area contributed by atoms with Crippen LogP contribution in [0.4, 0.5) is 0 Å². The summed E-state index contributed by atoms with van der Waals surface area (Å²) in [5.41, 5.74) is 0. The second-order valence-electron chi connectivity index (χ2n) is 26.2. The van der Waals surface area contributed by atoms with E-state index in [1.807, 2.05) is 0 Å². The quantitative estimate of drug-likeness (QED) is 0.0153. The molecule has 2 aliphatic heterocycles.